The quantitative estimate of drug-likeness (QED) is 0.506. The van der Waals surface area contributed by atoms with E-state index in [1.54, 1.807) is 6.92 Å². The average molecular weight is 101 g/mol. The molecule has 0 aliphatic rings. The van der Waals surface area contributed by atoms with Crippen LogP contribution in [-0.4, -0.2) is 11.9 Å². The Morgan fingerprint density at radius 1 is 1.71 bits per heavy atom. The molecule has 1 radical (unpaired) electrons. The van der Waals surface area contributed by atoms with Crippen molar-refractivity contribution in [3.63, 3.8) is 0 Å². The van der Waals surface area contributed by atoms with Gasteiger partial charge in [0.1, 0.15) is 6.10 Å². The van der Waals surface area contributed by atoms with Gasteiger partial charge in [0.25, 0.3) is 0 Å². The minimum absolute atomic E-state index is 0.208. The topological polar surface area (TPSA) is 37.0 Å². The standard InChI is InChI=1S/C5H9O2/c1-3-5(7)4(2)6/h4H,3H2,1-2H3. The van der Waals surface area contributed by atoms with E-state index in [1.165, 1.54) is 6.92 Å². The molecule has 0 aromatic carbocycles. The number of carbonyl (C=O) groups excluding carboxylic acids is 1. The maximum Gasteiger partial charge on any atom is 0.164 e. The van der Waals surface area contributed by atoms with Crippen LogP contribution in [0, 0.1) is 0 Å². The summed E-state index contributed by atoms with van der Waals surface area (Å²) >= 11 is 0. The summed E-state index contributed by atoms with van der Waals surface area (Å²) in [6.45, 7) is 3.06. The van der Waals surface area contributed by atoms with Crippen molar-refractivity contribution in [1.82, 2.24) is 0 Å². The molecule has 7 heavy (non-hydrogen) atoms. The second kappa shape index (κ2) is 2.75. The van der Waals surface area contributed by atoms with Crippen LogP contribution in [-0.2, 0) is 9.90 Å². The highest BCUT2D eigenvalue weighted by Gasteiger charge is 2.05. The first kappa shape index (κ1) is 6.63. The number of carbonyl (C=O) groups is 1. The molecular formula is C5H9O2. The van der Waals surface area contributed by atoms with E-state index in [1.807, 2.05) is 0 Å². The van der Waals surface area contributed by atoms with Crippen molar-refractivity contribution in [3.05, 3.63) is 0 Å². The van der Waals surface area contributed by atoms with Gasteiger partial charge in [0.15, 0.2) is 5.78 Å². The highest BCUT2D eigenvalue weighted by atomic mass is 16.3. The number of ketones is 1. The van der Waals surface area contributed by atoms with Crippen LogP contribution in [0.3, 0.4) is 0 Å². The first-order valence-electron chi connectivity index (χ1n) is 2.37. The molecular weight excluding hydrogens is 92.1 g/mol. The smallest absolute Gasteiger partial charge is 0.164 e. The first-order chi connectivity index (χ1) is 3.18. The maximum atomic E-state index is 10.2. The molecule has 41 valence electrons. The molecule has 0 saturated heterocycles. The van der Waals surface area contributed by atoms with Crippen molar-refractivity contribution in [2.75, 3.05) is 0 Å². The lowest BCUT2D eigenvalue weighted by Crippen LogP contribution is -2.12. The molecule has 0 saturated carbocycles. The highest BCUT2D eigenvalue weighted by Crippen LogP contribution is 1.87. The van der Waals surface area contributed by atoms with Gasteiger partial charge < -0.3 is 0 Å². The molecule has 0 heterocycles. The van der Waals surface area contributed by atoms with Gasteiger partial charge in [-0.1, -0.05) is 6.92 Å². The van der Waals surface area contributed by atoms with E-state index in [4.69, 9.17) is 0 Å². The Kier molecular flexibility index (Phi) is 2.60. The van der Waals surface area contributed by atoms with Crippen molar-refractivity contribution < 1.29 is 9.90 Å². The molecule has 0 spiro atoms. The van der Waals surface area contributed by atoms with Gasteiger partial charge in [0, 0.05) is 6.42 Å². The highest BCUT2D eigenvalue weighted by molar-refractivity contribution is 5.81. The Bertz CT molecular complexity index is 66.5. The predicted molar refractivity (Wildman–Crippen MR) is 25.4 cm³/mol. The number of rotatable bonds is 2. The lowest BCUT2D eigenvalue weighted by atomic mass is 10.2. The lowest BCUT2D eigenvalue weighted by molar-refractivity contribution is -0.128. The number of hydrogen-bond acceptors (Lipinski definition) is 1. The molecule has 0 N–H and O–H groups in total. The van der Waals surface area contributed by atoms with Crippen molar-refractivity contribution in [3.8, 4) is 0 Å². The minimum atomic E-state index is -1.02. The minimum Gasteiger partial charge on any atom is -0.297 e. The van der Waals surface area contributed by atoms with Gasteiger partial charge in [0.2, 0.25) is 0 Å². The van der Waals surface area contributed by atoms with Crippen LogP contribution < -0.4 is 0 Å². The molecule has 0 aliphatic heterocycles. The van der Waals surface area contributed by atoms with Gasteiger partial charge in [-0.2, -0.15) is 0 Å². The fraction of sp³-hybridized carbons (Fsp3) is 0.800. The largest absolute Gasteiger partial charge is 0.297 e. The molecule has 2 heteroatoms. The number of hydrogen-bond donors (Lipinski definition) is 0. The summed E-state index contributed by atoms with van der Waals surface area (Å²) in [5.41, 5.74) is 0. The van der Waals surface area contributed by atoms with Crippen molar-refractivity contribution in [2.24, 2.45) is 0 Å². The number of Topliss-reactive ketones (excluding diaryl/α,β-unsaturated/α-hetero) is 1. The van der Waals surface area contributed by atoms with E-state index >= 15 is 0 Å². The summed E-state index contributed by atoms with van der Waals surface area (Å²) in [5, 5.41) is 10.1. The third kappa shape index (κ3) is 2.34. The third-order valence-corrected chi connectivity index (χ3v) is 0.802. The van der Waals surface area contributed by atoms with Gasteiger partial charge >= 0.3 is 0 Å². The summed E-state index contributed by atoms with van der Waals surface area (Å²) in [7, 11) is 0. The fourth-order valence-corrected chi connectivity index (χ4v) is 0.287. The molecule has 0 aromatic heterocycles. The summed E-state index contributed by atoms with van der Waals surface area (Å²) in [5.74, 6) is -0.208. The van der Waals surface area contributed by atoms with E-state index < -0.39 is 6.10 Å². The normalized spacial score (nSPS) is 13.6. The second-order valence-corrected chi connectivity index (χ2v) is 1.46. The Morgan fingerprint density at radius 3 is 2.14 bits per heavy atom. The van der Waals surface area contributed by atoms with Gasteiger partial charge in [0.05, 0.1) is 0 Å². The van der Waals surface area contributed by atoms with Crippen LogP contribution in [0.5, 0.6) is 0 Å². The van der Waals surface area contributed by atoms with Crippen LogP contribution in [0.2, 0.25) is 0 Å². The molecule has 0 rings (SSSR count). The van der Waals surface area contributed by atoms with Gasteiger partial charge in [-0.15, -0.1) is 0 Å². The summed E-state index contributed by atoms with van der Waals surface area (Å²) in [6.07, 6.45) is -0.657. The average Bonchev–Trinajstić information content (AvgIpc) is 1.65. The van der Waals surface area contributed by atoms with E-state index in [9.17, 15) is 9.90 Å². The van der Waals surface area contributed by atoms with Crippen LogP contribution in [0.25, 0.3) is 0 Å². The molecule has 0 bridgehead atoms. The molecule has 1 atom stereocenters. The van der Waals surface area contributed by atoms with E-state index in [0.29, 0.717) is 6.42 Å². The summed E-state index contributed by atoms with van der Waals surface area (Å²) in [4.78, 5) is 10.2. The predicted octanol–water partition coefficient (Wildman–Crippen LogP) is 0.784. The van der Waals surface area contributed by atoms with Crippen LogP contribution in [0.15, 0.2) is 0 Å². The fourth-order valence-electron chi connectivity index (χ4n) is 0.287. The Balaban J connectivity index is 3.35. The molecule has 0 amide bonds. The van der Waals surface area contributed by atoms with Crippen LogP contribution in [0.4, 0.5) is 0 Å². The van der Waals surface area contributed by atoms with Gasteiger partial charge in [-0.3, -0.25) is 4.79 Å². The van der Waals surface area contributed by atoms with Crippen molar-refractivity contribution in [2.45, 2.75) is 26.4 Å². The molecule has 2 nitrogen and oxygen atoms in total. The van der Waals surface area contributed by atoms with Crippen molar-refractivity contribution in [1.29, 1.82) is 0 Å². The lowest BCUT2D eigenvalue weighted by Gasteiger charge is -1.92. The van der Waals surface area contributed by atoms with Crippen molar-refractivity contribution >= 4 is 5.78 Å². The first-order valence-corrected chi connectivity index (χ1v) is 2.37. The molecule has 0 fully saturated rings. The van der Waals surface area contributed by atoms with E-state index in [0.717, 1.165) is 0 Å². The monoisotopic (exact) mass is 101 g/mol. The molecule has 1 unspecified atom stereocenters. The zero-order chi connectivity index (χ0) is 5.86. The summed E-state index contributed by atoms with van der Waals surface area (Å²) in [6, 6.07) is 0. The van der Waals surface area contributed by atoms with Gasteiger partial charge in [-0.05, 0) is 6.92 Å². The zero-order valence-electron chi connectivity index (χ0n) is 4.60. The Morgan fingerprint density at radius 2 is 2.14 bits per heavy atom. The van der Waals surface area contributed by atoms with Crippen LogP contribution in [0.1, 0.15) is 20.3 Å². The third-order valence-electron chi connectivity index (χ3n) is 0.802. The zero-order valence-corrected chi connectivity index (χ0v) is 4.60. The summed E-state index contributed by atoms with van der Waals surface area (Å²) < 4.78 is 0. The SMILES string of the molecule is CCC(=O)C(C)[O]. The van der Waals surface area contributed by atoms with Crippen LogP contribution >= 0.6 is 0 Å². The Hall–Kier alpha value is -0.370. The Labute approximate surface area is 43.2 Å². The molecule has 0 aliphatic carbocycles. The van der Waals surface area contributed by atoms with E-state index in [-0.39, 0.29) is 5.78 Å². The second-order valence-electron chi connectivity index (χ2n) is 1.46. The molecule has 0 aromatic rings. The maximum absolute atomic E-state index is 10.2. The van der Waals surface area contributed by atoms with Gasteiger partial charge in [-0.25, -0.2) is 5.11 Å². The van der Waals surface area contributed by atoms with E-state index in [2.05, 4.69) is 0 Å².